The lowest BCUT2D eigenvalue weighted by molar-refractivity contribution is -0.199. The van der Waals surface area contributed by atoms with Gasteiger partial charge in [0.25, 0.3) is 0 Å². The van der Waals surface area contributed by atoms with Crippen molar-refractivity contribution in [2.24, 2.45) is 34.5 Å². The highest BCUT2D eigenvalue weighted by molar-refractivity contribution is 6.90. The summed E-state index contributed by atoms with van der Waals surface area (Å²) in [6.07, 6.45) is 6.47. The van der Waals surface area contributed by atoms with E-state index in [1.807, 2.05) is 12.1 Å². The summed E-state index contributed by atoms with van der Waals surface area (Å²) in [7, 11) is -3.94. The molecule has 0 spiro atoms. The van der Waals surface area contributed by atoms with Crippen molar-refractivity contribution in [3.63, 3.8) is 0 Å². The minimum absolute atomic E-state index is 0.152. The van der Waals surface area contributed by atoms with Gasteiger partial charge in [-0.25, -0.2) is 8.78 Å². The topological polar surface area (TPSA) is 40.2 Å². The summed E-state index contributed by atoms with van der Waals surface area (Å²) >= 11 is 6.58. The van der Waals surface area contributed by atoms with Crippen LogP contribution in [0, 0.1) is 46.1 Å². The Hall–Kier alpha value is -1.05. The normalized spacial score (nSPS) is 35.6. The molecule has 12 heteroatoms. The van der Waals surface area contributed by atoms with Crippen LogP contribution in [0.15, 0.2) is 48.5 Å². The van der Waals surface area contributed by atoms with Gasteiger partial charge in [0.1, 0.15) is 28.1 Å². The number of alkyl halides is 1. The summed E-state index contributed by atoms with van der Waals surface area (Å²) in [6, 6.07) is 13.5. The van der Waals surface area contributed by atoms with E-state index in [0.29, 0.717) is 29.1 Å². The largest absolute Gasteiger partial charge is 0.477 e. The van der Waals surface area contributed by atoms with Gasteiger partial charge in [-0.15, -0.1) is 11.6 Å². The number of nitrogens with zero attached hydrogens (tertiary/aromatic N) is 1. The van der Waals surface area contributed by atoms with E-state index in [-0.39, 0.29) is 60.5 Å². The maximum absolute atomic E-state index is 13.6. The Balaban J connectivity index is 0.000000174. The average molecular weight is 798 g/mol. The van der Waals surface area contributed by atoms with Gasteiger partial charge in [-0.1, -0.05) is 91.2 Å². The molecular weight excluding hydrogens is 734 g/mol. The lowest BCUT2D eigenvalue weighted by Gasteiger charge is -2.64. The predicted molar refractivity (Wildman–Crippen MR) is 222 cm³/mol. The van der Waals surface area contributed by atoms with Gasteiger partial charge in [0.05, 0.1) is 28.7 Å². The second kappa shape index (κ2) is 14.1. The molecular formula is C42H64B2ClF2NO4Si2. The Morgan fingerprint density at radius 2 is 1.04 bits per heavy atom. The van der Waals surface area contributed by atoms with E-state index in [1.165, 1.54) is 25.0 Å². The Labute approximate surface area is 332 Å². The SMILES string of the molecule is CC1(C)[C@@H]2C[C@H]3OB([C@H](Cc4ccc(F)cc4)N([Si](C)(C)C)[Si](C)(C)C)O[C@@]3(C)[C@H]1C2.CC1(C)[C@@H]2C[C@H]3OB([C@H](Cl)Cc4ccc(F)cc4)O[C@@]3(C)[C@H]1C2. The first-order valence-corrected chi connectivity index (χ1v) is 27.9. The molecule has 5 nitrogen and oxygen atoms in total. The molecule has 0 N–H and O–H groups in total. The monoisotopic (exact) mass is 797 g/mol. The molecule has 0 radical (unpaired) electrons. The first kappa shape index (κ1) is 41.1. The van der Waals surface area contributed by atoms with E-state index in [0.717, 1.165) is 42.2 Å². The van der Waals surface area contributed by atoms with Crippen LogP contribution in [-0.2, 0) is 31.5 Å². The third-order valence-corrected chi connectivity index (χ3v) is 23.0. The van der Waals surface area contributed by atoms with Crippen LogP contribution in [0.25, 0.3) is 0 Å². The lowest BCUT2D eigenvalue weighted by atomic mass is 9.43. The van der Waals surface area contributed by atoms with Gasteiger partial charge in [-0.2, -0.15) is 0 Å². The molecule has 10 rings (SSSR count). The second-order valence-corrected chi connectivity index (χ2v) is 31.8. The Bertz CT molecular complexity index is 1660. The fourth-order valence-corrected chi connectivity index (χ4v) is 23.0. The molecule has 2 saturated heterocycles. The molecule has 0 unspecified atom stereocenters. The molecule has 2 aromatic carbocycles. The number of halogens is 3. The van der Waals surface area contributed by atoms with Crippen molar-refractivity contribution in [2.75, 3.05) is 0 Å². The van der Waals surface area contributed by atoms with Gasteiger partial charge in [0.15, 0.2) is 0 Å². The van der Waals surface area contributed by atoms with Gasteiger partial charge < -0.3 is 22.8 Å². The predicted octanol–water partition coefficient (Wildman–Crippen LogP) is 10.2. The summed E-state index contributed by atoms with van der Waals surface area (Å²) < 4.78 is 55.8. The maximum Gasteiger partial charge on any atom is 0.477 e. The number of rotatable bonds is 9. The number of hydrogen-bond donors (Lipinski definition) is 0. The number of benzene rings is 2. The first-order valence-electron chi connectivity index (χ1n) is 20.5. The quantitative estimate of drug-likeness (QED) is 0.187. The van der Waals surface area contributed by atoms with E-state index in [1.54, 1.807) is 24.3 Å². The standard InChI is InChI=1S/C24H41BFNO2Si2.C18H23BClFO2/c1-23(2)18-15-20(23)24(3)21(16-18)28-25(29-24)22(14-17-10-12-19(26)13-11-17)27(30(4,5)6)31(7,8)9;1-17(2)12-9-14(17)18(3)15(10-12)22-19(23-18)16(20)8-11-4-6-13(21)7-5-11/h10-13,18,20-22H,14-16H2,1-9H3;4-7,12,14-16H,8-10H2,1-3H3/t18-,20-,21+,22-,24-;12-,14-,15+,16+,18-/m00/s1. The zero-order chi connectivity index (χ0) is 39.4. The third kappa shape index (κ3) is 7.19. The molecule has 2 aliphatic heterocycles. The minimum atomic E-state index is -1.66. The van der Waals surface area contributed by atoms with Crippen molar-refractivity contribution in [3.8, 4) is 0 Å². The molecule has 0 amide bonds. The zero-order valence-corrected chi connectivity index (χ0v) is 37.6. The summed E-state index contributed by atoms with van der Waals surface area (Å²) in [6.45, 7) is 28.6. The number of hydrogen-bond acceptors (Lipinski definition) is 5. The molecule has 4 bridgehead atoms. The summed E-state index contributed by atoms with van der Waals surface area (Å²) in [5.41, 5.74) is 2.41. The smallest absolute Gasteiger partial charge is 0.404 e. The van der Waals surface area contributed by atoms with Crippen molar-refractivity contribution in [1.29, 1.82) is 0 Å². The molecule has 8 fully saturated rings. The Morgan fingerprint density at radius 1 is 0.648 bits per heavy atom. The van der Waals surface area contributed by atoms with Crippen molar-refractivity contribution < 1.29 is 27.4 Å². The molecule has 6 saturated carbocycles. The van der Waals surface area contributed by atoms with Crippen LogP contribution in [0.3, 0.4) is 0 Å². The Morgan fingerprint density at radius 3 is 1.44 bits per heavy atom. The molecule has 2 aromatic rings. The van der Waals surface area contributed by atoms with E-state index in [4.69, 9.17) is 30.2 Å². The van der Waals surface area contributed by atoms with Crippen LogP contribution in [0.1, 0.15) is 78.4 Å². The van der Waals surface area contributed by atoms with Gasteiger partial charge in [-0.05, 0) is 122 Å². The molecule has 2 heterocycles. The summed E-state index contributed by atoms with van der Waals surface area (Å²) in [5.74, 6) is 2.34. The van der Waals surface area contributed by atoms with Crippen LogP contribution in [0.5, 0.6) is 0 Å². The molecule has 0 aromatic heterocycles. The third-order valence-electron chi connectivity index (χ3n) is 15.0. The van der Waals surface area contributed by atoms with Gasteiger partial charge >= 0.3 is 14.2 Å². The molecule has 54 heavy (non-hydrogen) atoms. The van der Waals surface area contributed by atoms with Crippen molar-refractivity contribution in [2.45, 2.75) is 154 Å². The average Bonchev–Trinajstić information content (AvgIpc) is 3.62. The highest BCUT2D eigenvalue weighted by Crippen LogP contribution is 2.67. The zero-order valence-electron chi connectivity index (χ0n) is 34.8. The van der Waals surface area contributed by atoms with E-state index < -0.39 is 16.5 Å². The minimum Gasteiger partial charge on any atom is -0.404 e. The molecule has 6 aliphatic carbocycles. The molecule has 10 atom stereocenters. The Kier molecular flexibility index (Phi) is 10.7. The summed E-state index contributed by atoms with van der Waals surface area (Å²) in [5, 5.41) is -0.261. The highest BCUT2D eigenvalue weighted by atomic mass is 35.5. The van der Waals surface area contributed by atoms with Crippen molar-refractivity contribution in [1.82, 2.24) is 4.23 Å². The van der Waals surface area contributed by atoms with Crippen LogP contribution < -0.4 is 0 Å². The van der Waals surface area contributed by atoms with E-state index in [2.05, 4.69) is 85.1 Å². The van der Waals surface area contributed by atoms with Crippen LogP contribution in [-0.4, -0.2) is 69.6 Å². The van der Waals surface area contributed by atoms with E-state index in [9.17, 15) is 8.78 Å². The molecule has 8 aliphatic rings. The van der Waals surface area contributed by atoms with Crippen LogP contribution in [0.2, 0.25) is 39.3 Å². The fraction of sp³-hybridized carbons (Fsp3) is 0.714. The van der Waals surface area contributed by atoms with Crippen molar-refractivity contribution >= 4 is 42.3 Å². The van der Waals surface area contributed by atoms with Crippen molar-refractivity contribution in [3.05, 3.63) is 71.3 Å². The van der Waals surface area contributed by atoms with Gasteiger partial charge in [0.2, 0.25) is 0 Å². The summed E-state index contributed by atoms with van der Waals surface area (Å²) in [4.78, 5) is 0. The molecule has 296 valence electrons. The van der Waals surface area contributed by atoms with Crippen LogP contribution in [0.4, 0.5) is 8.78 Å². The van der Waals surface area contributed by atoms with Crippen LogP contribution >= 0.6 is 11.6 Å². The first-order chi connectivity index (χ1) is 24.9. The fourth-order valence-electron chi connectivity index (χ4n) is 12.2. The van der Waals surface area contributed by atoms with Gasteiger partial charge in [0, 0.05) is 5.94 Å². The second-order valence-electron chi connectivity index (χ2n) is 21.1. The highest BCUT2D eigenvalue weighted by Gasteiger charge is 2.70. The van der Waals surface area contributed by atoms with E-state index >= 15 is 0 Å². The van der Waals surface area contributed by atoms with Gasteiger partial charge in [-0.3, -0.25) is 0 Å². The lowest BCUT2D eigenvalue weighted by Crippen LogP contribution is -2.68. The maximum atomic E-state index is 13.6.